The minimum absolute atomic E-state index is 0.0243. The number of methoxy groups -OCH3 is 1. The number of carbonyl (C=O) groups is 1. The van der Waals surface area contributed by atoms with Crippen molar-refractivity contribution in [1.82, 2.24) is 5.32 Å². The van der Waals surface area contributed by atoms with Gasteiger partial charge in [-0.3, -0.25) is 4.79 Å². The number of carbonyl (C=O) groups excluding carboxylic acids is 1. The minimum atomic E-state index is -0.0243. The number of hydrogen-bond acceptors (Lipinski definition) is 3. The Hall–Kier alpha value is -2.33. The number of nitrogens with one attached hydrogen (secondary N) is 2. The van der Waals surface area contributed by atoms with Gasteiger partial charge in [-0.25, -0.2) is 0 Å². The molecule has 0 atom stereocenters. The van der Waals surface area contributed by atoms with E-state index in [1.165, 1.54) is 0 Å². The third-order valence-corrected chi connectivity index (χ3v) is 3.18. The number of amides is 1. The summed E-state index contributed by atoms with van der Waals surface area (Å²) in [4.78, 5) is 12.1. The summed E-state index contributed by atoms with van der Waals surface area (Å²) in [5.74, 6) is 0.766. The van der Waals surface area contributed by atoms with Crippen molar-refractivity contribution in [2.45, 2.75) is 13.0 Å². The molecule has 0 spiro atoms. The van der Waals surface area contributed by atoms with Crippen LogP contribution in [0.25, 0.3) is 0 Å². The predicted octanol–water partition coefficient (Wildman–Crippen LogP) is 2.60. The van der Waals surface area contributed by atoms with Crippen molar-refractivity contribution in [3.63, 3.8) is 0 Å². The third-order valence-electron chi connectivity index (χ3n) is 3.18. The summed E-state index contributed by atoms with van der Waals surface area (Å²) in [6, 6.07) is 15.3. The molecule has 0 saturated carbocycles. The molecule has 2 N–H and O–H groups in total. The molecule has 2 aromatic rings. The van der Waals surface area contributed by atoms with E-state index in [-0.39, 0.29) is 5.91 Å². The first-order chi connectivity index (χ1) is 10.2. The molecular weight excluding hydrogens is 264 g/mol. The van der Waals surface area contributed by atoms with Crippen molar-refractivity contribution < 1.29 is 9.53 Å². The molecule has 0 fully saturated rings. The Morgan fingerprint density at radius 2 is 1.81 bits per heavy atom. The fraction of sp³-hybridized carbons (Fsp3) is 0.235. The molecule has 0 heterocycles. The zero-order valence-electron chi connectivity index (χ0n) is 12.3. The Morgan fingerprint density at radius 3 is 2.48 bits per heavy atom. The van der Waals surface area contributed by atoms with Crippen molar-refractivity contribution >= 4 is 11.6 Å². The smallest absolute Gasteiger partial charge is 0.228 e. The molecule has 4 heteroatoms. The van der Waals surface area contributed by atoms with Gasteiger partial charge in [0.05, 0.1) is 13.5 Å². The molecule has 0 aliphatic rings. The number of anilines is 1. The van der Waals surface area contributed by atoms with Gasteiger partial charge < -0.3 is 15.4 Å². The van der Waals surface area contributed by atoms with E-state index >= 15 is 0 Å². The molecule has 0 saturated heterocycles. The number of ether oxygens (including phenoxy) is 1. The highest BCUT2D eigenvalue weighted by atomic mass is 16.5. The van der Waals surface area contributed by atoms with Crippen LogP contribution in [-0.2, 0) is 17.8 Å². The van der Waals surface area contributed by atoms with Gasteiger partial charge in [0, 0.05) is 12.2 Å². The fourth-order valence-corrected chi connectivity index (χ4v) is 2.11. The second-order valence-electron chi connectivity index (χ2n) is 4.76. The summed E-state index contributed by atoms with van der Waals surface area (Å²) in [5, 5.41) is 6.06. The Labute approximate surface area is 125 Å². The number of hydrogen-bond donors (Lipinski definition) is 2. The summed E-state index contributed by atoms with van der Waals surface area (Å²) in [7, 11) is 3.51. The normalized spacial score (nSPS) is 10.2. The highest BCUT2D eigenvalue weighted by Gasteiger charge is 2.07. The molecule has 4 nitrogen and oxygen atoms in total. The van der Waals surface area contributed by atoms with Gasteiger partial charge in [-0.05, 0) is 36.4 Å². The maximum atomic E-state index is 12.1. The zero-order valence-corrected chi connectivity index (χ0v) is 12.3. The van der Waals surface area contributed by atoms with Crippen LogP contribution in [0.15, 0.2) is 48.5 Å². The molecule has 0 aliphatic carbocycles. The van der Waals surface area contributed by atoms with E-state index in [1.54, 1.807) is 7.11 Å². The van der Waals surface area contributed by atoms with Gasteiger partial charge >= 0.3 is 0 Å². The van der Waals surface area contributed by atoms with E-state index in [0.717, 1.165) is 29.1 Å². The van der Waals surface area contributed by atoms with Gasteiger partial charge in [-0.2, -0.15) is 0 Å². The van der Waals surface area contributed by atoms with Crippen molar-refractivity contribution in [2.75, 3.05) is 19.5 Å². The lowest BCUT2D eigenvalue weighted by molar-refractivity contribution is -0.115. The maximum absolute atomic E-state index is 12.1. The van der Waals surface area contributed by atoms with Crippen molar-refractivity contribution in [2.24, 2.45) is 0 Å². The van der Waals surface area contributed by atoms with Crippen LogP contribution in [0, 0.1) is 0 Å². The maximum Gasteiger partial charge on any atom is 0.228 e. The lowest BCUT2D eigenvalue weighted by Crippen LogP contribution is -2.17. The van der Waals surface area contributed by atoms with Gasteiger partial charge in [-0.15, -0.1) is 0 Å². The monoisotopic (exact) mass is 284 g/mol. The quantitative estimate of drug-likeness (QED) is 0.857. The highest BCUT2D eigenvalue weighted by Crippen LogP contribution is 2.16. The SMILES string of the molecule is CNCc1ccccc1NC(=O)Cc1ccc(OC)cc1. The van der Waals surface area contributed by atoms with E-state index in [1.807, 2.05) is 55.6 Å². The molecule has 0 aromatic heterocycles. The third kappa shape index (κ3) is 4.33. The van der Waals surface area contributed by atoms with Crippen LogP contribution >= 0.6 is 0 Å². The average Bonchev–Trinajstić information content (AvgIpc) is 2.50. The molecule has 21 heavy (non-hydrogen) atoms. The molecule has 0 bridgehead atoms. The highest BCUT2D eigenvalue weighted by molar-refractivity contribution is 5.93. The summed E-state index contributed by atoms with van der Waals surface area (Å²) >= 11 is 0. The van der Waals surface area contributed by atoms with Crippen LogP contribution in [0.5, 0.6) is 5.75 Å². The minimum Gasteiger partial charge on any atom is -0.497 e. The van der Waals surface area contributed by atoms with Crippen molar-refractivity contribution in [3.8, 4) is 5.75 Å². The summed E-state index contributed by atoms with van der Waals surface area (Å²) in [6.07, 6.45) is 0.345. The molecule has 0 unspecified atom stereocenters. The van der Waals surface area contributed by atoms with Gasteiger partial charge in [0.25, 0.3) is 0 Å². The van der Waals surface area contributed by atoms with Gasteiger partial charge in [-0.1, -0.05) is 30.3 Å². The molecule has 1 amide bonds. The Balaban J connectivity index is 2.01. The summed E-state index contributed by atoms with van der Waals surface area (Å²) in [5.41, 5.74) is 2.88. The second-order valence-corrected chi connectivity index (χ2v) is 4.76. The number of benzene rings is 2. The molecular formula is C17H20N2O2. The van der Waals surface area contributed by atoms with Crippen LogP contribution in [0.3, 0.4) is 0 Å². The first-order valence-electron chi connectivity index (χ1n) is 6.88. The van der Waals surface area contributed by atoms with Crippen LogP contribution in [0.2, 0.25) is 0 Å². The van der Waals surface area contributed by atoms with E-state index in [4.69, 9.17) is 4.74 Å². The van der Waals surface area contributed by atoms with Crippen molar-refractivity contribution in [1.29, 1.82) is 0 Å². The first kappa shape index (κ1) is 15.1. The van der Waals surface area contributed by atoms with Crippen LogP contribution in [0.4, 0.5) is 5.69 Å². The molecule has 110 valence electrons. The second kappa shape index (κ2) is 7.45. The summed E-state index contributed by atoms with van der Waals surface area (Å²) in [6.45, 7) is 0.721. The first-order valence-corrected chi connectivity index (χ1v) is 6.88. The Kier molecular flexibility index (Phi) is 5.35. The molecule has 0 aliphatic heterocycles. The number of para-hydroxylation sites is 1. The predicted molar refractivity (Wildman–Crippen MR) is 84.5 cm³/mol. The topological polar surface area (TPSA) is 50.4 Å². The van der Waals surface area contributed by atoms with Gasteiger partial charge in [0.15, 0.2) is 0 Å². The van der Waals surface area contributed by atoms with E-state index in [9.17, 15) is 4.79 Å². The molecule has 0 radical (unpaired) electrons. The van der Waals surface area contributed by atoms with Crippen LogP contribution in [0.1, 0.15) is 11.1 Å². The van der Waals surface area contributed by atoms with Gasteiger partial charge in [0.2, 0.25) is 5.91 Å². The van der Waals surface area contributed by atoms with Crippen molar-refractivity contribution in [3.05, 3.63) is 59.7 Å². The van der Waals surface area contributed by atoms with Crippen LogP contribution in [-0.4, -0.2) is 20.1 Å². The Bertz CT molecular complexity index is 594. The van der Waals surface area contributed by atoms with Gasteiger partial charge in [0.1, 0.15) is 5.75 Å². The largest absolute Gasteiger partial charge is 0.497 e. The zero-order chi connectivity index (χ0) is 15.1. The van der Waals surface area contributed by atoms with E-state index in [0.29, 0.717) is 6.42 Å². The van der Waals surface area contributed by atoms with Crippen LogP contribution < -0.4 is 15.4 Å². The van der Waals surface area contributed by atoms with E-state index < -0.39 is 0 Å². The lowest BCUT2D eigenvalue weighted by atomic mass is 10.1. The summed E-state index contributed by atoms with van der Waals surface area (Å²) < 4.78 is 5.10. The van der Waals surface area contributed by atoms with E-state index in [2.05, 4.69) is 10.6 Å². The standard InChI is InChI=1S/C17H20N2O2/c1-18-12-14-5-3-4-6-16(14)19-17(20)11-13-7-9-15(21-2)10-8-13/h3-10,18H,11-12H2,1-2H3,(H,19,20). The number of rotatable bonds is 6. The molecule has 2 aromatic carbocycles. The molecule has 2 rings (SSSR count). The Morgan fingerprint density at radius 1 is 1.10 bits per heavy atom. The lowest BCUT2D eigenvalue weighted by Gasteiger charge is -2.11. The fourth-order valence-electron chi connectivity index (χ4n) is 2.11. The average molecular weight is 284 g/mol.